The first-order valence-corrected chi connectivity index (χ1v) is 7.81. The van der Waals surface area contributed by atoms with Crippen LogP contribution in [0.3, 0.4) is 0 Å². The Kier molecular flexibility index (Phi) is 4.42. The second-order valence-electron chi connectivity index (χ2n) is 5.62. The van der Waals surface area contributed by atoms with Crippen LogP contribution in [0.5, 0.6) is 0 Å². The van der Waals surface area contributed by atoms with Gasteiger partial charge in [-0.25, -0.2) is 0 Å². The summed E-state index contributed by atoms with van der Waals surface area (Å²) >= 11 is 0. The fourth-order valence-corrected chi connectivity index (χ4v) is 3.18. The van der Waals surface area contributed by atoms with Gasteiger partial charge in [0.2, 0.25) is 0 Å². The number of carbonyl (C=O) groups is 1. The summed E-state index contributed by atoms with van der Waals surface area (Å²) in [6, 6.07) is 20.5. The minimum atomic E-state index is -0.109. The van der Waals surface area contributed by atoms with Gasteiger partial charge in [-0.15, -0.1) is 0 Å². The highest BCUT2D eigenvalue weighted by Gasteiger charge is 2.39. The van der Waals surface area contributed by atoms with Crippen LogP contribution in [0.25, 0.3) is 0 Å². The topological polar surface area (TPSA) is 29.5 Å². The largest absolute Gasteiger partial charge is 0.466 e. The number of hydrogen-bond donors (Lipinski definition) is 0. The van der Waals surface area contributed by atoms with Gasteiger partial charge in [-0.3, -0.25) is 4.79 Å². The summed E-state index contributed by atoms with van der Waals surface area (Å²) in [4.78, 5) is 14.6. The van der Waals surface area contributed by atoms with E-state index in [-0.39, 0.29) is 17.8 Å². The number of esters is 1. The Morgan fingerprint density at radius 1 is 1.05 bits per heavy atom. The smallest absolute Gasteiger partial charge is 0.311 e. The highest BCUT2D eigenvalue weighted by Crippen LogP contribution is 2.35. The Morgan fingerprint density at radius 2 is 1.68 bits per heavy atom. The zero-order valence-corrected chi connectivity index (χ0v) is 12.8. The molecule has 2 aromatic carbocycles. The number of ether oxygens (including phenoxy) is 1. The standard InChI is InChI=1S/C19H21NO2/c1-2-22-19(21)18-14-20(16-11-7-4-8-12-16)13-17(18)15-9-5-3-6-10-15/h3-12,17-18H,2,13-14H2,1H3/t17-,18+/m1/s1. The lowest BCUT2D eigenvalue weighted by molar-refractivity contribution is -0.147. The van der Waals surface area contributed by atoms with Gasteiger partial charge in [-0.05, 0) is 24.6 Å². The Morgan fingerprint density at radius 3 is 2.32 bits per heavy atom. The molecule has 2 atom stereocenters. The van der Waals surface area contributed by atoms with Gasteiger partial charge in [0.05, 0.1) is 12.5 Å². The summed E-state index contributed by atoms with van der Waals surface area (Å²) in [5.74, 6) is -0.0159. The van der Waals surface area contributed by atoms with Gasteiger partial charge < -0.3 is 9.64 Å². The molecule has 22 heavy (non-hydrogen) atoms. The molecule has 0 aliphatic carbocycles. The van der Waals surface area contributed by atoms with Crippen molar-refractivity contribution in [3.05, 3.63) is 66.2 Å². The highest BCUT2D eigenvalue weighted by atomic mass is 16.5. The van der Waals surface area contributed by atoms with E-state index in [1.54, 1.807) is 0 Å². The van der Waals surface area contributed by atoms with Crippen molar-refractivity contribution in [3.63, 3.8) is 0 Å². The van der Waals surface area contributed by atoms with Crippen LogP contribution < -0.4 is 4.90 Å². The molecule has 2 aromatic rings. The molecule has 0 unspecified atom stereocenters. The van der Waals surface area contributed by atoms with E-state index in [4.69, 9.17) is 4.74 Å². The van der Waals surface area contributed by atoms with Crippen LogP contribution in [0.2, 0.25) is 0 Å². The number of rotatable bonds is 4. The van der Waals surface area contributed by atoms with Gasteiger partial charge >= 0.3 is 5.97 Å². The molecule has 1 heterocycles. The van der Waals surface area contributed by atoms with Crippen molar-refractivity contribution >= 4 is 11.7 Å². The lowest BCUT2D eigenvalue weighted by atomic mass is 9.89. The van der Waals surface area contributed by atoms with E-state index < -0.39 is 0 Å². The van der Waals surface area contributed by atoms with Crippen LogP contribution in [0.4, 0.5) is 5.69 Å². The highest BCUT2D eigenvalue weighted by molar-refractivity contribution is 5.76. The summed E-state index contributed by atoms with van der Waals surface area (Å²) in [6.45, 7) is 3.85. The average molecular weight is 295 g/mol. The predicted octanol–water partition coefficient (Wildman–Crippen LogP) is 3.47. The Hall–Kier alpha value is -2.29. The number of para-hydroxylation sites is 1. The van der Waals surface area contributed by atoms with Crippen molar-refractivity contribution in [2.45, 2.75) is 12.8 Å². The first-order valence-electron chi connectivity index (χ1n) is 7.81. The molecule has 0 radical (unpaired) electrons. The molecule has 1 aliphatic heterocycles. The summed E-state index contributed by atoms with van der Waals surface area (Å²) in [7, 11) is 0. The van der Waals surface area contributed by atoms with Gasteiger partial charge in [0, 0.05) is 24.7 Å². The summed E-state index contributed by atoms with van der Waals surface area (Å²) in [5, 5.41) is 0. The molecule has 0 aromatic heterocycles. The molecule has 1 aliphatic rings. The van der Waals surface area contributed by atoms with Crippen LogP contribution in [0.15, 0.2) is 60.7 Å². The zero-order valence-electron chi connectivity index (χ0n) is 12.8. The molecule has 0 saturated carbocycles. The van der Waals surface area contributed by atoms with Crippen molar-refractivity contribution < 1.29 is 9.53 Å². The molecule has 3 nitrogen and oxygen atoms in total. The maximum atomic E-state index is 12.4. The van der Waals surface area contributed by atoms with E-state index >= 15 is 0 Å². The van der Waals surface area contributed by atoms with E-state index in [0.717, 1.165) is 12.2 Å². The summed E-state index contributed by atoms with van der Waals surface area (Å²) in [6.07, 6.45) is 0. The SMILES string of the molecule is CCOC(=O)[C@H]1CN(c2ccccc2)C[C@@H]1c1ccccc1. The molecule has 1 saturated heterocycles. The number of benzene rings is 2. The number of hydrogen-bond acceptors (Lipinski definition) is 3. The van der Waals surface area contributed by atoms with Crippen molar-refractivity contribution in [2.75, 3.05) is 24.6 Å². The summed E-state index contributed by atoms with van der Waals surface area (Å²) in [5.41, 5.74) is 2.37. The van der Waals surface area contributed by atoms with Crippen molar-refractivity contribution in [2.24, 2.45) is 5.92 Å². The van der Waals surface area contributed by atoms with Gasteiger partial charge in [0.15, 0.2) is 0 Å². The molecule has 0 N–H and O–H groups in total. The molecular weight excluding hydrogens is 274 g/mol. The average Bonchev–Trinajstić information content (AvgIpc) is 3.02. The molecule has 0 amide bonds. The number of carbonyl (C=O) groups excluding carboxylic acids is 1. The zero-order chi connectivity index (χ0) is 15.4. The van der Waals surface area contributed by atoms with E-state index in [1.807, 2.05) is 43.3 Å². The minimum Gasteiger partial charge on any atom is -0.466 e. The van der Waals surface area contributed by atoms with E-state index in [1.165, 1.54) is 5.56 Å². The Bertz CT molecular complexity index is 612. The van der Waals surface area contributed by atoms with Gasteiger partial charge in [0.1, 0.15) is 0 Å². The van der Waals surface area contributed by atoms with Crippen LogP contribution in [0, 0.1) is 5.92 Å². The maximum absolute atomic E-state index is 12.4. The van der Waals surface area contributed by atoms with Gasteiger partial charge in [-0.1, -0.05) is 48.5 Å². The quantitative estimate of drug-likeness (QED) is 0.809. The maximum Gasteiger partial charge on any atom is 0.311 e. The van der Waals surface area contributed by atoms with E-state index in [0.29, 0.717) is 13.2 Å². The third kappa shape index (κ3) is 2.98. The Labute approximate surface area is 131 Å². The fourth-order valence-electron chi connectivity index (χ4n) is 3.18. The molecule has 0 spiro atoms. The number of anilines is 1. The van der Waals surface area contributed by atoms with Crippen molar-refractivity contribution in [1.82, 2.24) is 0 Å². The van der Waals surface area contributed by atoms with Crippen molar-refractivity contribution in [3.8, 4) is 0 Å². The summed E-state index contributed by atoms with van der Waals surface area (Å²) < 4.78 is 5.30. The third-order valence-corrected chi connectivity index (χ3v) is 4.26. The second kappa shape index (κ2) is 6.65. The fraction of sp³-hybridized carbons (Fsp3) is 0.316. The molecule has 1 fully saturated rings. The molecule has 0 bridgehead atoms. The lowest BCUT2D eigenvalue weighted by Gasteiger charge is -2.18. The lowest BCUT2D eigenvalue weighted by Crippen LogP contribution is -2.25. The minimum absolute atomic E-state index is 0.0882. The third-order valence-electron chi connectivity index (χ3n) is 4.26. The van der Waals surface area contributed by atoms with Crippen molar-refractivity contribution in [1.29, 1.82) is 0 Å². The van der Waals surface area contributed by atoms with Crippen LogP contribution in [-0.2, 0) is 9.53 Å². The molecule has 3 rings (SSSR count). The normalized spacial score (nSPS) is 20.9. The molecule has 114 valence electrons. The van der Waals surface area contributed by atoms with Crippen LogP contribution in [-0.4, -0.2) is 25.7 Å². The number of nitrogens with zero attached hydrogens (tertiary/aromatic N) is 1. The monoisotopic (exact) mass is 295 g/mol. The first kappa shape index (κ1) is 14.6. The molecular formula is C19H21NO2. The van der Waals surface area contributed by atoms with Gasteiger partial charge in [-0.2, -0.15) is 0 Å². The van der Waals surface area contributed by atoms with Crippen LogP contribution in [0.1, 0.15) is 18.4 Å². The van der Waals surface area contributed by atoms with Crippen LogP contribution >= 0.6 is 0 Å². The molecule has 3 heteroatoms. The first-order chi connectivity index (χ1) is 10.8. The predicted molar refractivity (Wildman–Crippen MR) is 88.0 cm³/mol. The van der Waals surface area contributed by atoms with E-state index in [9.17, 15) is 4.79 Å². The van der Waals surface area contributed by atoms with Gasteiger partial charge in [0.25, 0.3) is 0 Å². The van der Waals surface area contributed by atoms with E-state index in [2.05, 4.69) is 29.2 Å². The second-order valence-corrected chi connectivity index (χ2v) is 5.62. The Balaban J connectivity index is 1.87.